The van der Waals surface area contributed by atoms with Crippen molar-refractivity contribution in [2.45, 2.75) is 19.8 Å². The third kappa shape index (κ3) is 3.12. The van der Waals surface area contributed by atoms with Gasteiger partial charge in [-0.2, -0.15) is 0 Å². The fourth-order valence-electron chi connectivity index (χ4n) is 1.29. The van der Waals surface area contributed by atoms with E-state index in [1.807, 2.05) is 18.5 Å². The molecule has 2 N–H and O–H groups in total. The van der Waals surface area contributed by atoms with Gasteiger partial charge in [0.1, 0.15) is 7.05 Å². The van der Waals surface area contributed by atoms with Crippen molar-refractivity contribution in [2.75, 3.05) is 6.61 Å². The topological polar surface area (TPSA) is 70.6 Å². The Bertz CT molecular complexity index is 390. The van der Waals surface area contributed by atoms with E-state index in [1.165, 1.54) is 0 Å². The van der Waals surface area contributed by atoms with Crippen LogP contribution in [0, 0.1) is 6.92 Å². The normalized spacial score (nSPS) is 10.1. The van der Waals surface area contributed by atoms with E-state index in [0.717, 1.165) is 5.69 Å². The molecule has 0 aromatic carbocycles. The summed E-state index contributed by atoms with van der Waals surface area (Å²) >= 11 is 0. The first kappa shape index (κ1) is 12.3. The second-order valence-electron chi connectivity index (χ2n) is 3.57. The van der Waals surface area contributed by atoms with Gasteiger partial charge in [0.15, 0.2) is 11.9 Å². The molecule has 0 aliphatic carbocycles. The molecule has 5 heteroatoms. The lowest BCUT2D eigenvalue weighted by Crippen LogP contribution is -2.31. The van der Waals surface area contributed by atoms with E-state index >= 15 is 0 Å². The Morgan fingerprint density at radius 1 is 1.56 bits per heavy atom. The molecule has 5 nitrogen and oxygen atoms in total. The predicted molar refractivity (Wildman–Crippen MR) is 56.4 cm³/mol. The smallest absolute Gasteiger partial charge is 0.303 e. The van der Waals surface area contributed by atoms with Crippen molar-refractivity contribution in [1.29, 1.82) is 0 Å². The number of aromatic hydroxyl groups is 1. The highest BCUT2D eigenvalue weighted by molar-refractivity contribution is 5.66. The molecule has 0 atom stereocenters. The van der Waals surface area contributed by atoms with E-state index in [4.69, 9.17) is 9.84 Å². The first-order valence-corrected chi connectivity index (χ1v) is 5.05. The summed E-state index contributed by atoms with van der Waals surface area (Å²) in [7, 11) is 1.85. The Labute approximate surface area is 93.9 Å². The largest absolute Gasteiger partial charge is 0.504 e. The fourth-order valence-corrected chi connectivity index (χ4v) is 1.29. The van der Waals surface area contributed by atoms with Crippen molar-refractivity contribution in [1.82, 2.24) is 0 Å². The number of carboxylic acid groups (broad SMARTS) is 1. The lowest BCUT2D eigenvalue weighted by atomic mass is 10.3. The van der Waals surface area contributed by atoms with Gasteiger partial charge in [0, 0.05) is 19.4 Å². The van der Waals surface area contributed by atoms with Crippen LogP contribution in [0.15, 0.2) is 12.3 Å². The highest BCUT2D eigenvalue weighted by atomic mass is 16.5. The van der Waals surface area contributed by atoms with Crippen LogP contribution in [0.1, 0.15) is 18.5 Å². The molecule has 0 unspecified atom stereocenters. The third-order valence-corrected chi connectivity index (χ3v) is 2.33. The third-order valence-electron chi connectivity index (χ3n) is 2.33. The number of rotatable bonds is 5. The van der Waals surface area contributed by atoms with Crippen molar-refractivity contribution in [3.8, 4) is 11.5 Å². The van der Waals surface area contributed by atoms with Crippen LogP contribution in [0.3, 0.4) is 0 Å². The molecule has 0 aliphatic rings. The molecule has 0 spiro atoms. The molecular formula is C11H16NO4+. The van der Waals surface area contributed by atoms with E-state index in [-0.39, 0.29) is 18.8 Å². The molecule has 1 heterocycles. The maximum Gasteiger partial charge on any atom is 0.303 e. The molecule has 0 saturated heterocycles. The van der Waals surface area contributed by atoms with Gasteiger partial charge in [0.25, 0.3) is 0 Å². The molecule has 88 valence electrons. The van der Waals surface area contributed by atoms with Gasteiger partial charge in [0.05, 0.1) is 6.61 Å². The highest BCUT2D eigenvalue weighted by Gasteiger charge is 2.14. The van der Waals surface area contributed by atoms with Crippen LogP contribution in [-0.4, -0.2) is 22.8 Å². The van der Waals surface area contributed by atoms with E-state index in [0.29, 0.717) is 12.2 Å². The van der Waals surface area contributed by atoms with E-state index in [2.05, 4.69) is 0 Å². The average Bonchev–Trinajstić information content (AvgIpc) is 2.22. The van der Waals surface area contributed by atoms with Gasteiger partial charge in [-0.25, -0.2) is 4.57 Å². The minimum atomic E-state index is -0.844. The summed E-state index contributed by atoms with van der Waals surface area (Å²) in [4.78, 5) is 10.3. The summed E-state index contributed by atoms with van der Waals surface area (Å²) in [6.07, 6.45) is 2.22. The van der Waals surface area contributed by atoms with Gasteiger partial charge in [-0.15, -0.1) is 0 Å². The first-order chi connectivity index (χ1) is 7.52. The zero-order valence-electron chi connectivity index (χ0n) is 9.43. The Morgan fingerprint density at radius 2 is 2.25 bits per heavy atom. The Morgan fingerprint density at radius 3 is 2.88 bits per heavy atom. The van der Waals surface area contributed by atoms with Crippen molar-refractivity contribution in [3.05, 3.63) is 18.0 Å². The van der Waals surface area contributed by atoms with Crippen LogP contribution in [0.2, 0.25) is 0 Å². The summed E-state index contributed by atoms with van der Waals surface area (Å²) in [5, 5.41) is 18.0. The molecule has 1 rings (SSSR count). The summed E-state index contributed by atoms with van der Waals surface area (Å²) < 4.78 is 7.19. The monoisotopic (exact) mass is 226 g/mol. The maximum absolute atomic E-state index is 10.3. The van der Waals surface area contributed by atoms with Gasteiger partial charge >= 0.3 is 5.97 Å². The lowest BCUT2D eigenvalue weighted by Gasteiger charge is -2.08. The highest BCUT2D eigenvalue weighted by Crippen LogP contribution is 2.26. The first-order valence-electron chi connectivity index (χ1n) is 5.05. The van der Waals surface area contributed by atoms with E-state index < -0.39 is 5.97 Å². The summed E-state index contributed by atoms with van der Waals surface area (Å²) in [5.41, 5.74) is 0.801. The van der Waals surface area contributed by atoms with Crippen LogP contribution < -0.4 is 9.30 Å². The summed E-state index contributed by atoms with van der Waals surface area (Å²) in [6, 6.07) is 1.54. The van der Waals surface area contributed by atoms with E-state index in [9.17, 15) is 9.90 Å². The molecule has 0 bridgehead atoms. The standard InChI is InChI=1S/C11H15NO4/c1-8-11(9(13)5-6-12(8)2)16-7-3-4-10(14)15/h5-6H,3-4,7H2,1-2H3,(H,14,15)/p+1. The average molecular weight is 226 g/mol. The van der Waals surface area contributed by atoms with Crippen LogP contribution in [0.25, 0.3) is 0 Å². The Hall–Kier alpha value is -1.78. The minimum Gasteiger partial charge on any atom is -0.504 e. The summed E-state index contributed by atoms with van der Waals surface area (Å²) in [5.74, 6) is -0.357. The van der Waals surface area contributed by atoms with Gasteiger partial charge in [-0.05, 0) is 6.42 Å². The second-order valence-corrected chi connectivity index (χ2v) is 3.57. The van der Waals surface area contributed by atoms with Gasteiger partial charge in [-0.3, -0.25) is 4.79 Å². The van der Waals surface area contributed by atoms with Crippen molar-refractivity contribution in [2.24, 2.45) is 7.05 Å². The number of nitrogens with zero attached hydrogens (tertiary/aromatic N) is 1. The fraction of sp³-hybridized carbons (Fsp3) is 0.455. The molecular weight excluding hydrogens is 210 g/mol. The second kappa shape index (κ2) is 5.34. The minimum absolute atomic E-state index is 0.0682. The molecule has 0 fully saturated rings. The number of pyridine rings is 1. The van der Waals surface area contributed by atoms with Crippen LogP contribution in [-0.2, 0) is 11.8 Å². The molecule has 0 amide bonds. The van der Waals surface area contributed by atoms with Crippen molar-refractivity contribution in [3.63, 3.8) is 0 Å². The molecule has 1 aromatic rings. The van der Waals surface area contributed by atoms with E-state index in [1.54, 1.807) is 12.3 Å². The molecule has 0 radical (unpaired) electrons. The SMILES string of the molecule is Cc1c(OCCCC(=O)O)c(O)cc[n+]1C. The van der Waals surface area contributed by atoms with Gasteiger partial charge < -0.3 is 14.9 Å². The lowest BCUT2D eigenvalue weighted by molar-refractivity contribution is -0.678. The van der Waals surface area contributed by atoms with Crippen LogP contribution in [0.4, 0.5) is 0 Å². The number of hydrogen-bond donors (Lipinski definition) is 2. The number of carboxylic acids is 1. The van der Waals surface area contributed by atoms with Gasteiger partial charge in [0.2, 0.25) is 11.4 Å². The number of aryl methyl sites for hydroxylation is 1. The number of aromatic nitrogens is 1. The van der Waals surface area contributed by atoms with Crippen LogP contribution >= 0.6 is 0 Å². The number of hydrogen-bond acceptors (Lipinski definition) is 3. The molecule has 0 aliphatic heterocycles. The Balaban J connectivity index is 2.60. The van der Waals surface area contributed by atoms with Crippen LogP contribution in [0.5, 0.6) is 11.5 Å². The molecule has 0 saturated carbocycles. The number of aliphatic carboxylic acids is 1. The Kier molecular flexibility index (Phi) is 4.10. The van der Waals surface area contributed by atoms with Crippen molar-refractivity contribution < 1.29 is 24.3 Å². The number of carbonyl (C=O) groups is 1. The zero-order chi connectivity index (χ0) is 12.1. The maximum atomic E-state index is 10.3. The molecule has 16 heavy (non-hydrogen) atoms. The quantitative estimate of drug-likeness (QED) is 0.574. The molecule has 1 aromatic heterocycles. The summed E-state index contributed by atoms with van der Waals surface area (Å²) in [6.45, 7) is 2.11. The predicted octanol–water partition coefficient (Wildman–Crippen LogP) is 0.769. The number of ether oxygens (including phenoxy) is 1. The van der Waals surface area contributed by atoms with Gasteiger partial charge in [-0.1, -0.05) is 0 Å². The zero-order valence-corrected chi connectivity index (χ0v) is 9.43. The van der Waals surface area contributed by atoms with Crippen molar-refractivity contribution >= 4 is 5.97 Å².